The van der Waals surface area contributed by atoms with E-state index >= 15 is 0 Å². The van der Waals surface area contributed by atoms with Crippen LogP contribution in [-0.2, 0) is 4.74 Å². The molecule has 1 spiro atoms. The van der Waals surface area contributed by atoms with Crippen LogP contribution in [0, 0.1) is 10.8 Å². The molecule has 1 amide bonds. The van der Waals surface area contributed by atoms with Crippen molar-refractivity contribution in [1.29, 1.82) is 0 Å². The van der Waals surface area contributed by atoms with Crippen LogP contribution in [-0.4, -0.2) is 40.8 Å². The topological polar surface area (TPSA) is 49.8 Å². The van der Waals surface area contributed by atoms with Gasteiger partial charge in [0, 0.05) is 23.6 Å². The number of carbonyl (C=O) groups is 1. The molecule has 150 valence electrons. The summed E-state index contributed by atoms with van der Waals surface area (Å²) in [6.45, 7) is 11.1. The van der Waals surface area contributed by atoms with Crippen molar-refractivity contribution in [2.45, 2.75) is 57.7 Å². The Hall–Kier alpha value is -1.91. The largest absolute Gasteiger partial charge is 0.389 e. The number of fused-ring (bicyclic) bond motifs is 1. The van der Waals surface area contributed by atoms with Crippen LogP contribution >= 0.6 is 0 Å². The smallest absolute Gasteiger partial charge is 0.254 e. The predicted molar refractivity (Wildman–Crippen MR) is 110 cm³/mol. The third kappa shape index (κ3) is 2.54. The summed E-state index contributed by atoms with van der Waals surface area (Å²) in [7, 11) is 0. The van der Waals surface area contributed by atoms with Crippen molar-refractivity contribution in [3.05, 3.63) is 60.2 Å². The Morgan fingerprint density at radius 1 is 1.32 bits per heavy atom. The number of hydrogen-bond acceptors (Lipinski definition) is 3. The van der Waals surface area contributed by atoms with Gasteiger partial charge in [0.05, 0.1) is 23.7 Å². The lowest BCUT2D eigenvalue weighted by Crippen LogP contribution is -2.53. The molecule has 1 aromatic rings. The van der Waals surface area contributed by atoms with E-state index in [-0.39, 0.29) is 23.4 Å². The van der Waals surface area contributed by atoms with Crippen LogP contribution < -0.4 is 0 Å². The van der Waals surface area contributed by atoms with E-state index in [2.05, 4.69) is 31.7 Å². The third-order valence-corrected chi connectivity index (χ3v) is 7.40. The fourth-order valence-electron chi connectivity index (χ4n) is 5.44. The van der Waals surface area contributed by atoms with Gasteiger partial charge in [0.2, 0.25) is 0 Å². The average Bonchev–Trinajstić information content (AvgIpc) is 3.32. The molecule has 0 aromatic heterocycles. The molecule has 1 saturated carbocycles. The minimum absolute atomic E-state index is 0.0747. The molecule has 28 heavy (non-hydrogen) atoms. The number of ether oxygens (including phenoxy) is 1. The molecule has 3 unspecified atom stereocenters. The SMILES string of the molecule is C=C[C@]1(COCC)C=CC2(CC2N2C(=O)c3ccccc3C2C)C[C@@]1(O)CC. The van der Waals surface area contributed by atoms with E-state index < -0.39 is 11.0 Å². The van der Waals surface area contributed by atoms with Gasteiger partial charge in [-0.15, -0.1) is 6.58 Å². The highest BCUT2D eigenvalue weighted by Gasteiger charge is 2.65. The number of aliphatic hydroxyl groups is 1. The second-order valence-electron chi connectivity index (χ2n) is 8.71. The Morgan fingerprint density at radius 2 is 2.07 bits per heavy atom. The quantitative estimate of drug-likeness (QED) is 0.749. The monoisotopic (exact) mass is 381 g/mol. The fraction of sp³-hybridized carbons (Fsp3) is 0.542. The molecule has 0 radical (unpaired) electrons. The highest BCUT2D eigenvalue weighted by molar-refractivity contribution is 5.99. The van der Waals surface area contributed by atoms with E-state index in [0.29, 0.717) is 26.1 Å². The van der Waals surface area contributed by atoms with Crippen molar-refractivity contribution in [3.63, 3.8) is 0 Å². The van der Waals surface area contributed by atoms with Gasteiger partial charge in [-0.25, -0.2) is 0 Å². The van der Waals surface area contributed by atoms with E-state index in [1.165, 1.54) is 0 Å². The molecular formula is C24H31NO3. The third-order valence-electron chi connectivity index (χ3n) is 7.40. The minimum Gasteiger partial charge on any atom is -0.389 e. The number of carbonyl (C=O) groups excluding carboxylic acids is 1. The molecule has 0 bridgehead atoms. The number of nitrogens with zero attached hydrogens (tertiary/aromatic N) is 1. The van der Waals surface area contributed by atoms with Crippen LogP contribution in [0.3, 0.4) is 0 Å². The Bertz CT molecular complexity index is 833. The number of benzene rings is 1. The lowest BCUT2D eigenvalue weighted by molar-refractivity contribution is -0.0966. The van der Waals surface area contributed by atoms with Crippen molar-refractivity contribution in [3.8, 4) is 0 Å². The Labute approximate surface area is 167 Å². The first-order valence-electron chi connectivity index (χ1n) is 10.4. The highest BCUT2D eigenvalue weighted by Crippen LogP contribution is 2.64. The normalized spacial score (nSPS) is 38.7. The molecule has 2 aliphatic carbocycles. The van der Waals surface area contributed by atoms with Crippen LogP contribution in [0.25, 0.3) is 0 Å². The number of hydrogen-bond donors (Lipinski definition) is 1. The number of amides is 1. The lowest BCUT2D eigenvalue weighted by atomic mass is 9.62. The summed E-state index contributed by atoms with van der Waals surface area (Å²) in [4.78, 5) is 15.1. The summed E-state index contributed by atoms with van der Waals surface area (Å²) in [5, 5.41) is 11.7. The van der Waals surface area contributed by atoms with Crippen LogP contribution in [0.1, 0.15) is 62.0 Å². The second-order valence-corrected chi connectivity index (χ2v) is 8.71. The van der Waals surface area contributed by atoms with Gasteiger partial charge in [0.15, 0.2) is 0 Å². The lowest BCUT2D eigenvalue weighted by Gasteiger charge is -2.48. The molecule has 4 heteroatoms. The van der Waals surface area contributed by atoms with Gasteiger partial charge in [0.1, 0.15) is 0 Å². The molecule has 4 rings (SSSR count). The Morgan fingerprint density at radius 3 is 2.71 bits per heavy atom. The van der Waals surface area contributed by atoms with E-state index in [4.69, 9.17) is 4.74 Å². The molecule has 0 saturated heterocycles. The van der Waals surface area contributed by atoms with Crippen molar-refractivity contribution in [2.24, 2.45) is 10.8 Å². The van der Waals surface area contributed by atoms with Crippen molar-refractivity contribution < 1.29 is 14.6 Å². The summed E-state index contributed by atoms with van der Waals surface area (Å²) in [6, 6.07) is 8.11. The molecule has 4 nitrogen and oxygen atoms in total. The summed E-state index contributed by atoms with van der Waals surface area (Å²) in [5.41, 5.74) is 0.262. The molecule has 1 N–H and O–H groups in total. The Balaban J connectivity index is 1.64. The summed E-state index contributed by atoms with van der Waals surface area (Å²) >= 11 is 0. The highest BCUT2D eigenvalue weighted by atomic mass is 16.5. The van der Waals surface area contributed by atoms with Crippen molar-refractivity contribution in [1.82, 2.24) is 4.90 Å². The maximum Gasteiger partial charge on any atom is 0.254 e. The molecule has 5 atom stereocenters. The first-order chi connectivity index (χ1) is 13.4. The van der Waals surface area contributed by atoms with Gasteiger partial charge < -0.3 is 14.7 Å². The van der Waals surface area contributed by atoms with Crippen molar-refractivity contribution >= 4 is 5.91 Å². The van der Waals surface area contributed by atoms with Crippen LogP contribution in [0.4, 0.5) is 0 Å². The molecule has 1 fully saturated rings. The van der Waals surface area contributed by atoms with E-state index in [1.807, 2.05) is 43.0 Å². The van der Waals surface area contributed by atoms with E-state index in [0.717, 1.165) is 17.5 Å². The maximum atomic E-state index is 13.1. The number of rotatable bonds is 6. The first kappa shape index (κ1) is 19.4. The van der Waals surface area contributed by atoms with E-state index in [1.54, 1.807) is 0 Å². The zero-order chi connectivity index (χ0) is 20.2. The van der Waals surface area contributed by atoms with Crippen LogP contribution in [0.2, 0.25) is 0 Å². The molecule has 1 aliphatic heterocycles. The zero-order valence-electron chi connectivity index (χ0n) is 17.1. The second kappa shape index (κ2) is 6.57. The van der Waals surface area contributed by atoms with Crippen LogP contribution in [0.15, 0.2) is 49.1 Å². The van der Waals surface area contributed by atoms with Crippen LogP contribution in [0.5, 0.6) is 0 Å². The maximum absolute atomic E-state index is 13.1. The molecule has 1 heterocycles. The average molecular weight is 382 g/mol. The zero-order valence-corrected chi connectivity index (χ0v) is 17.1. The summed E-state index contributed by atoms with van der Waals surface area (Å²) in [5.74, 6) is 0.119. The molecule has 3 aliphatic rings. The van der Waals surface area contributed by atoms with Gasteiger partial charge in [-0.3, -0.25) is 4.79 Å². The van der Waals surface area contributed by atoms with Crippen molar-refractivity contribution in [2.75, 3.05) is 13.2 Å². The van der Waals surface area contributed by atoms with E-state index in [9.17, 15) is 9.90 Å². The standard InChI is InChI=1S/C24H31NO3/c1-5-23(16-28-7-3)13-12-22(15-24(23,27)6-2)14-20(22)25-17(4)18-10-8-9-11-19(18)21(25)26/h5,8-13,17,20,27H,1,6-7,14-16H2,2-4H3/t17?,20?,22?,23-,24+/m1/s1. The first-order valence-corrected chi connectivity index (χ1v) is 10.4. The van der Waals surface area contributed by atoms with Gasteiger partial charge >= 0.3 is 0 Å². The summed E-state index contributed by atoms with van der Waals surface area (Å²) < 4.78 is 5.71. The predicted octanol–water partition coefficient (Wildman–Crippen LogP) is 4.27. The van der Waals surface area contributed by atoms with Gasteiger partial charge in [-0.2, -0.15) is 0 Å². The summed E-state index contributed by atoms with van der Waals surface area (Å²) in [6.07, 6.45) is 8.31. The molecular weight excluding hydrogens is 350 g/mol. The van der Waals surface area contributed by atoms with Gasteiger partial charge in [-0.1, -0.05) is 43.4 Å². The fourth-order valence-corrected chi connectivity index (χ4v) is 5.44. The molecule has 1 aromatic carbocycles. The minimum atomic E-state index is -0.924. The van der Waals surface area contributed by atoms with Gasteiger partial charge in [-0.05, 0) is 44.7 Å². The Kier molecular flexibility index (Phi) is 4.55. The van der Waals surface area contributed by atoms with Gasteiger partial charge in [0.25, 0.3) is 5.91 Å².